The molecule has 256 valence electrons. The lowest BCUT2D eigenvalue weighted by atomic mass is 9.84. The van der Waals surface area contributed by atoms with E-state index in [4.69, 9.17) is 0 Å². The van der Waals surface area contributed by atoms with Gasteiger partial charge in [-0.2, -0.15) is 0 Å². The summed E-state index contributed by atoms with van der Waals surface area (Å²) in [5.41, 5.74) is 7.61. The molecule has 0 heteroatoms. The van der Waals surface area contributed by atoms with Crippen molar-refractivity contribution >= 4 is 97.0 Å². The SMILES string of the molecule is c1ccc(-c2ccc3c(ccc4cc5c6c(-c7ccccc7)c7c(cc8c9ccccc9c9cccc7c98)c(-c7ccccc7)c6c6cccc(c43)c65)c2)cc1. The average Bonchev–Trinajstić information content (AvgIpc) is 3.77. The number of hydrogen-bond donors (Lipinski definition) is 0. The molecule has 0 nitrogen and oxygen atoms in total. The van der Waals surface area contributed by atoms with Crippen molar-refractivity contribution in [3.63, 3.8) is 0 Å². The molecule has 0 saturated heterocycles. The molecule has 0 unspecified atom stereocenters. The van der Waals surface area contributed by atoms with Crippen LogP contribution in [0, 0.1) is 0 Å². The average molecular weight is 705 g/mol. The normalized spacial score (nSPS) is 12.3. The molecule has 13 aromatic rings. The lowest BCUT2D eigenvalue weighted by Gasteiger charge is -2.19. The quantitative estimate of drug-likeness (QED) is 0.161. The van der Waals surface area contributed by atoms with Crippen molar-refractivity contribution in [2.75, 3.05) is 0 Å². The zero-order valence-electron chi connectivity index (χ0n) is 30.5. The van der Waals surface area contributed by atoms with Crippen LogP contribution >= 0.6 is 0 Å². The van der Waals surface area contributed by atoms with E-state index in [9.17, 15) is 0 Å². The van der Waals surface area contributed by atoms with E-state index in [0.717, 1.165) is 0 Å². The van der Waals surface area contributed by atoms with E-state index in [1.165, 1.54) is 130 Å². The number of hydrogen-bond acceptors (Lipinski definition) is 0. The van der Waals surface area contributed by atoms with Gasteiger partial charge in [0.15, 0.2) is 0 Å². The lowest BCUT2D eigenvalue weighted by molar-refractivity contribution is 1.65. The van der Waals surface area contributed by atoms with Crippen molar-refractivity contribution in [3.8, 4) is 33.4 Å². The minimum Gasteiger partial charge on any atom is -0.0622 e. The molecule has 0 aliphatic heterocycles. The molecule has 0 fully saturated rings. The van der Waals surface area contributed by atoms with Crippen LogP contribution in [-0.4, -0.2) is 0 Å². The van der Waals surface area contributed by atoms with Gasteiger partial charge >= 0.3 is 0 Å². The number of benzene rings is 11. The molecular weight excluding hydrogens is 673 g/mol. The maximum atomic E-state index is 2.53. The first-order valence-electron chi connectivity index (χ1n) is 19.6. The largest absolute Gasteiger partial charge is 0.0622 e. The summed E-state index contributed by atoms with van der Waals surface area (Å²) < 4.78 is 0. The topological polar surface area (TPSA) is 0 Å². The molecule has 13 aromatic carbocycles. The zero-order chi connectivity index (χ0) is 36.5. The van der Waals surface area contributed by atoms with Crippen LogP contribution < -0.4 is 0 Å². The first-order valence-corrected chi connectivity index (χ1v) is 19.6. The second-order valence-corrected chi connectivity index (χ2v) is 15.5. The van der Waals surface area contributed by atoms with Crippen LogP contribution in [0.4, 0.5) is 0 Å². The molecule has 0 bridgehead atoms. The molecule has 0 aliphatic rings. The standard InChI is InChI=1S/C56H32/c1-4-14-33(15-5-1)36-28-29-39-37(30-36)26-27-38-31-47-53-43(49(38)39)23-13-25-45(53)55-50(34-16-6-2-7-17-34)48-32-46-41-21-11-10-20-40(41)42-22-12-24-44(52(42)46)54(48)51(56(47)55)35-18-8-3-9-19-35/h1-32H. The summed E-state index contributed by atoms with van der Waals surface area (Å²) in [6, 6.07) is 72.6. The van der Waals surface area contributed by atoms with Crippen molar-refractivity contribution in [2.24, 2.45) is 0 Å². The van der Waals surface area contributed by atoms with E-state index in [1.807, 2.05) is 0 Å². The Morgan fingerprint density at radius 2 is 0.696 bits per heavy atom. The summed E-state index contributed by atoms with van der Waals surface area (Å²) in [5.74, 6) is 0. The van der Waals surface area contributed by atoms with Gasteiger partial charge in [0.25, 0.3) is 0 Å². The molecule has 0 spiro atoms. The van der Waals surface area contributed by atoms with E-state index in [2.05, 4.69) is 194 Å². The van der Waals surface area contributed by atoms with Gasteiger partial charge in [-0.15, -0.1) is 0 Å². The zero-order valence-corrected chi connectivity index (χ0v) is 30.5. The molecule has 56 heavy (non-hydrogen) atoms. The fourth-order valence-electron chi connectivity index (χ4n) is 10.4. The first kappa shape index (κ1) is 30.1. The van der Waals surface area contributed by atoms with Gasteiger partial charge in [0.05, 0.1) is 0 Å². The van der Waals surface area contributed by atoms with Crippen LogP contribution in [0.5, 0.6) is 0 Å². The molecule has 0 saturated carbocycles. The van der Waals surface area contributed by atoms with Crippen LogP contribution in [0.3, 0.4) is 0 Å². The van der Waals surface area contributed by atoms with Crippen molar-refractivity contribution in [2.45, 2.75) is 0 Å². The molecule has 0 atom stereocenters. The lowest BCUT2D eigenvalue weighted by Crippen LogP contribution is -1.91. The molecule has 0 aromatic heterocycles. The Morgan fingerprint density at radius 3 is 1.41 bits per heavy atom. The molecule has 0 radical (unpaired) electrons. The van der Waals surface area contributed by atoms with Crippen LogP contribution in [-0.2, 0) is 0 Å². The van der Waals surface area contributed by atoms with Gasteiger partial charge in [-0.1, -0.05) is 176 Å². The Bertz CT molecular complexity index is 3710. The van der Waals surface area contributed by atoms with E-state index in [-0.39, 0.29) is 0 Å². The van der Waals surface area contributed by atoms with Crippen LogP contribution in [0.25, 0.3) is 130 Å². The van der Waals surface area contributed by atoms with Crippen molar-refractivity contribution in [1.82, 2.24) is 0 Å². The summed E-state index contributed by atoms with van der Waals surface area (Å²) >= 11 is 0. The third-order valence-corrected chi connectivity index (χ3v) is 12.7. The van der Waals surface area contributed by atoms with Crippen LogP contribution in [0.2, 0.25) is 0 Å². The first-order chi connectivity index (χ1) is 27.8. The fourth-order valence-corrected chi connectivity index (χ4v) is 10.4. The predicted molar refractivity (Wildman–Crippen MR) is 243 cm³/mol. The van der Waals surface area contributed by atoms with E-state index < -0.39 is 0 Å². The van der Waals surface area contributed by atoms with Gasteiger partial charge in [0.1, 0.15) is 0 Å². The molecule has 13 rings (SSSR count). The van der Waals surface area contributed by atoms with Gasteiger partial charge in [0.2, 0.25) is 0 Å². The van der Waals surface area contributed by atoms with E-state index in [0.29, 0.717) is 0 Å². The Morgan fingerprint density at radius 1 is 0.179 bits per heavy atom. The fraction of sp³-hybridized carbons (Fsp3) is 0. The Labute approximate surface area is 323 Å². The third kappa shape index (κ3) is 3.93. The molecule has 0 aliphatic carbocycles. The highest BCUT2D eigenvalue weighted by molar-refractivity contribution is 6.46. The summed E-state index contributed by atoms with van der Waals surface area (Å²) in [6.07, 6.45) is 0. The molecule has 0 N–H and O–H groups in total. The highest BCUT2D eigenvalue weighted by atomic mass is 14.3. The van der Waals surface area contributed by atoms with Crippen molar-refractivity contribution < 1.29 is 0 Å². The maximum Gasteiger partial charge on any atom is -0.000697 e. The predicted octanol–water partition coefficient (Wildman–Crippen LogP) is 15.9. The monoisotopic (exact) mass is 704 g/mol. The third-order valence-electron chi connectivity index (χ3n) is 12.7. The van der Waals surface area contributed by atoms with Gasteiger partial charge < -0.3 is 0 Å². The Hall–Kier alpha value is -7.28. The Balaban J connectivity index is 1.29. The summed E-state index contributed by atoms with van der Waals surface area (Å²) in [4.78, 5) is 0. The second kappa shape index (κ2) is 11.1. The molecule has 0 amide bonds. The number of fused-ring (bicyclic) bond motifs is 12. The van der Waals surface area contributed by atoms with E-state index in [1.54, 1.807) is 0 Å². The minimum atomic E-state index is 1.24. The minimum absolute atomic E-state index is 1.24. The van der Waals surface area contributed by atoms with Crippen molar-refractivity contribution in [1.29, 1.82) is 0 Å². The molecular formula is C56H32. The molecule has 0 heterocycles. The summed E-state index contributed by atoms with van der Waals surface area (Å²) in [5, 5.41) is 23.7. The van der Waals surface area contributed by atoms with E-state index >= 15 is 0 Å². The summed E-state index contributed by atoms with van der Waals surface area (Å²) in [6.45, 7) is 0. The van der Waals surface area contributed by atoms with Crippen molar-refractivity contribution in [3.05, 3.63) is 194 Å². The van der Waals surface area contributed by atoms with Crippen LogP contribution in [0.1, 0.15) is 0 Å². The Kier molecular flexibility index (Phi) is 5.98. The van der Waals surface area contributed by atoms with Crippen LogP contribution in [0.15, 0.2) is 194 Å². The highest BCUT2D eigenvalue weighted by Gasteiger charge is 2.27. The van der Waals surface area contributed by atoms with Gasteiger partial charge in [-0.3, -0.25) is 0 Å². The summed E-state index contributed by atoms with van der Waals surface area (Å²) in [7, 11) is 0. The second-order valence-electron chi connectivity index (χ2n) is 15.5. The van der Waals surface area contributed by atoms with Gasteiger partial charge in [0, 0.05) is 0 Å². The smallest absolute Gasteiger partial charge is 0.000697 e. The maximum absolute atomic E-state index is 2.53. The van der Waals surface area contributed by atoms with Gasteiger partial charge in [-0.25, -0.2) is 0 Å². The highest BCUT2D eigenvalue weighted by Crippen LogP contribution is 2.55. The van der Waals surface area contributed by atoms with Gasteiger partial charge in [-0.05, 0) is 149 Å². The number of rotatable bonds is 3.